The van der Waals surface area contributed by atoms with Crippen LogP contribution in [0.4, 0.5) is 0 Å². The first-order valence-electron chi connectivity index (χ1n) is 8.25. The van der Waals surface area contributed by atoms with E-state index in [-0.39, 0.29) is 23.5 Å². The zero-order chi connectivity index (χ0) is 15.0. The Kier molecular flexibility index (Phi) is 4.83. The standard InChI is InChI=1S/C17H32O3/c1-6-12(2)20-14-10-17(5,15-11-19-15)9-7-8-13(14)16(3,4)18/h12-15,18H,6-11H2,1-5H3. The molecule has 0 amide bonds. The third-order valence-corrected chi connectivity index (χ3v) is 5.38. The minimum absolute atomic E-state index is 0.140. The van der Waals surface area contributed by atoms with Crippen molar-refractivity contribution >= 4 is 0 Å². The van der Waals surface area contributed by atoms with Crippen molar-refractivity contribution in [1.82, 2.24) is 0 Å². The smallest absolute Gasteiger partial charge is 0.0864 e. The van der Waals surface area contributed by atoms with E-state index >= 15 is 0 Å². The van der Waals surface area contributed by atoms with Gasteiger partial charge in [-0.1, -0.05) is 20.3 Å². The Balaban J connectivity index is 2.15. The first-order chi connectivity index (χ1) is 9.26. The molecule has 3 nitrogen and oxygen atoms in total. The van der Waals surface area contributed by atoms with Gasteiger partial charge in [-0.15, -0.1) is 0 Å². The van der Waals surface area contributed by atoms with Gasteiger partial charge in [0.05, 0.1) is 30.5 Å². The predicted octanol–water partition coefficient (Wildman–Crippen LogP) is 3.54. The van der Waals surface area contributed by atoms with Crippen molar-refractivity contribution in [3.8, 4) is 0 Å². The summed E-state index contributed by atoms with van der Waals surface area (Å²) in [6, 6.07) is 0. The Bertz CT molecular complexity index is 319. The van der Waals surface area contributed by atoms with Crippen LogP contribution in [-0.4, -0.2) is 35.6 Å². The number of hydrogen-bond acceptors (Lipinski definition) is 3. The van der Waals surface area contributed by atoms with Crippen molar-refractivity contribution in [2.24, 2.45) is 11.3 Å². The van der Waals surface area contributed by atoms with Crippen LogP contribution >= 0.6 is 0 Å². The number of ether oxygens (including phenoxy) is 2. The van der Waals surface area contributed by atoms with Crippen LogP contribution in [0.2, 0.25) is 0 Å². The maximum atomic E-state index is 10.5. The van der Waals surface area contributed by atoms with Crippen LogP contribution in [0, 0.1) is 11.3 Å². The van der Waals surface area contributed by atoms with Crippen LogP contribution in [0.25, 0.3) is 0 Å². The van der Waals surface area contributed by atoms with Gasteiger partial charge in [0.1, 0.15) is 0 Å². The highest BCUT2D eigenvalue weighted by molar-refractivity contribution is 4.98. The van der Waals surface area contributed by atoms with E-state index in [4.69, 9.17) is 9.47 Å². The minimum atomic E-state index is -0.673. The summed E-state index contributed by atoms with van der Waals surface area (Å²) < 4.78 is 11.9. The van der Waals surface area contributed by atoms with Gasteiger partial charge >= 0.3 is 0 Å². The molecule has 2 aliphatic rings. The number of hydrogen-bond donors (Lipinski definition) is 1. The van der Waals surface area contributed by atoms with E-state index in [1.807, 2.05) is 13.8 Å². The third kappa shape index (κ3) is 3.75. The van der Waals surface area contributed by atoms with Crippen molar-refractivity contribution in [2.75, 3.05) is 6.61 Å². The first kappa shape index (κ1) is 16.3. The van der Waals surface area contributed by atoms with Crippen molar-refractivity contribution in [3.63, 3.8) is 0 Å². The monoisotopic (exact) mass is 284 g/mol. The SMILES string of the molecule is CCC(C)OC1CC(C)(C2CO2)CCCC1C(C)(C)O. The lowest BCUT2D eigenvalue weighted by Gasteiger charge is -2.38. The molecule has 0 aromatic rings. The molecular formula is C17H32O3. The van der Waals surface area contributed by atoms with E-state index in [0.29, 0.717) is 6.10 Å². The summed E-state index contributed by atoms with van der Waals surface area (Å²) in [6.07, 6.45) is 6.23. The molecule has 5 unspecified atom stereocenters. The molecule has 0 aromatic heterocycles. The van der Waals surface area contributed by atoms with E-state index in [9.17, 15) is 5.11 Å². The molecule has 0 bridgehead atoms. The quantitative estimate of drug-likeness (QED) is 0.620. The van der Waals surface area contributed by atoms with Gasteiger partial charge in [0.2, 0.25) is 0 Å². The Morgan fingerprint density at radius 3 is 2.60 bits per heavy atom. The molecule has 20 heavy (non-hydrogen) atoms. The molecular weight excluding hydrogens is 252 g/mol. The lowest BCUT2D eigenvalue weighted by molar-refractivity contribution is -0.111. The second-order valence-corrected chi connectivity index (χ2v) is 7.73. The summed E-state index contributed by atoms with van der Waals surface area (Å²) in [7, 11) is 0. The molecule has 1 saturated carbocycles. The summed E-state index contributed by atoms with van der Waals surface area (Å²) in [5.74, 6) is 0.220. The largest absolute Gasteiger partial charge is 0.390 e. The lowest BCUT2D eigenvalue weighted by atomic mass is 9.76. The average Bonchev–Trinajstić information content (AvgIpc) is 3.15. The van der Waals surface area contributed by atoms with Crippen molar-refractivity contribution in [3.05, 3.63) is 0 Å². The topological polar surface area (TPSA) is 42.0 Å². The van der Waals surface area contributed by atoms with Crippen molar-refractivity contribution in [1.29, 1.82) is 0 Å². The lowest BCUT2D eigenvalue weighted by Crippen LogP contribution is -2.43. The fraction of sp³-hybridized carbons (Fsp3) is 1.00. The molecule has 0 aromatic carbocycles. The van der Waals surface area contributed by atoms with Gasteiger partial charge in [-0.3, -0.25) is 0 Å². The third-order valence-electron chi connectivity index (χ3n) is 5.38. The van der Waals surface area contributed by atoms with Crippen LogP contribution in [-0.2, 0) is 9.47 Å². The number of rotatable bonds is 5. The van der Waals surface area contributed by atoms with E-state index in [2.05, 4.69) is 20.8 Å². The molecule has 3 heteroatoms. The fourth-order valence-corrected chi connectivity index (χ4v) is 3.70. The van der Waals surface area contributed by atoms with Gasteiger partial charge in [0.25, 0.3) is 0 Å². The first-order valence-corrected chi connectivity index (χ1v) is 8.25. The fourth-order valence-electron chi connectivity index (χ4n) is 3.70. The van der Waals surface area contributed by atoms with Crippen LogP contribution in [0.3, 0.4) is 0 Å². The molecule has 1 aliphatic carbocycles. The Hall–Kier alpha value is -0.120. The van der Waals surface area contributed by atoms with Gasteiger partial charge in [-0.2, -0.15) is 0 Å². The van der Waals surface area contributed by atoms with Gasteiger partial charge in [-0.05, 0) is 51.9 Å². The van der Waals surface area contributed by atoms with Gasteiger partial charge in [0, 0.05) is 5.92 Å². The summed E-state index contributed by atoms with van der Waals surface area (Å²) in [6.45, 7) is 11.4. The predicted molar refractivity (Wildman–Crippen MR) is 80.7 cm³/mol. The molecule has 1 heterocycles. The zero-order valence-electron chi connectivity index (χ0n) is 13.8. The minimum Gasteiger partial charge on any atom is -0.390 e. The molecule has 0 radical (unpaired) electrons. The summed E-state index contributed by atoms with van der Waals surface area (Å²) in [4.78, 5) is 0. The average molecular weight is 284 g/mol. The molecule has 118 valence electrons. The highest BCUT2D eigenvalue weighted by atomic mass is 16.6. The van der Waals surface area contributed by atoms with Crippen LogP contribution < -0.4 is 0 Å². The van der Waals surface area contributed by atoms with E-state index in [0.717, 1.165) is 32.3 Å². The van der Waals surface area contributed by atoms with E-state index in [1.165, 1.54) is 6.42 Å². The zero-order valence-corrected chi connectivity index (χ0v) is 13.8. The molecule has 2 fully saturated rings. The number of epoxide rings is 1. The van der Waals surface area contributed by atoms with Crippen molar-refractivity contribution < 1.29 is 14.6 Å². The molecule has 1 aliphatic heterocycles. The molecule has 1 saturated heterocycles. The Morgan fingerprint density at radius 1 is 1.45 bits per heavy atom. The van der Waals surface area contributed by atoms with Crippen LogP contribution in [0.15, 0.2) is 0 Å². The van der Waals surface area contributed by atoms with Gasteiger partial charge in [-0.25, -0.2) is 0 Å². The Morgan fingerprint density at radius 2 is 2.10 bits per heavy atom. The Labute approximate surface area is 124 Å². The van der Waals surface area contributed by atoms with E-state index < -0.39 is 5.60 Å². The number of aliphatic hydroxyl groups is 1. The summed E-state index contributed by atoms with van der Waals surface area (Å²) in [5.41, 5.74) is -0.452. The second-order valence-electron chi connectivity index (χ2n) is 7.73. The normalized spacial score (nSPS) is 40.2. The summed E-state index contributed by atoms with van der Waals surface area (Å²) >= 11 is 0. The molecule has 0 spiro atoms. The molecule has 2 rings (SSSR count). The molecule has 1 N–H and O–H groups in total. The van der Waals surface area contributed by atoms with Gasteiger partial charge in [0.15, 0.2) is 0 Å². The highest BCUT2D eigenvalue weighted by Crippen LogP contribution is 2.47. The second kappa shape index (κ2) is 5.94. The maximum absolute atomic E-state index is 10.5. The molecule has 5 atom stereocenters. The van der Waals surface area contributed by atoms with Crippen LogP contribution in [0.1, 0.15) is 66.7 Å². The van der Waals surface area contributed by atoms with E-state index in [1.54, 1.807) is 0 Å². The van der Waals surface area contributed by atoms with Gasteiger partial charge < -0.3 is 14.6 Å². The summed E-state index contributed by atoms with van der Waals surface area (Å²) in [5, 5.41) is 10.5. The van der Waals surface area contributed by atoms with Crippen molar-refractivity contribution in [2.45, 2.75) is 90.6 Å². The maximum Gasteiger partial charge on any atom is 0.0864 e. The highest BCUT2D eigenvalue weighted by Gasteiger charge is 2.49. The van der Waals surface area contributed by atoms with Crippen LogP contribution in [0.5, 0.6) is 0 Å².